The molecule has 0 aliphatic rings. The molecule has 0 bridgehead atoms. The Morgan fingerprint density at radius 2 is 1.96 bits per heavy atom. The van der Waals surface area contributed by atoms with E-state index >= 15 is 0 Å². The van der Waals surface area contributed by atoms with Gasteiger partial charge in [0.25, 0.3) is 0 Å². The number of rotatable bonds is 8. The zero-order valence-corrected chi connectivity index (χ0v) is 15.7. The highest BCUT2D eigenvalue weighted by Crippen LogP contribution is 2.31. The average molecular weight is 376 g/mol. The molecule has 25 heavy (non-hydrogen) atoms. The summed E-state index contributed by atoms with van der Waals surface area (Å²) in [4.78, 5) is 14.0. The molecule has 0 aliphatic heterocycles. The fraction of sp³-hybridized carbons (Fsp3) is 0.250. The summed E-state index contributed by atoms with van der Waals surface area (Å²) in [5.41, 5.74) is 0.988. The topological polar surface area (TPSA) is 49.3 Å². The van der Waals surface area contributed by atoms with Crippen molar-refractivity contribution in [2.24, 2.45) is 0 Å². The van der Waals surface area contributed by atoms with Gasteiger partial charge in [0.05, 0.1) is 6.10 Å². The Hall–Kier alpha value is -1.75. The number of hydrogen-bond acceptors (Lipinski definition) is 3. The van der Waals surface area contributed by atoms with Crippen LogP contribution < -0.4 is 5.32 Å². The first kappa shape index (κ1) is 19.6. The third kappa shape index (κ3) is 7.34. The van der Waals surface area contributed by atoms with Crippen LogP contribution in [0.3, 0.4) is 0 Å². The second-order valence-corrected chi connectivity index (χ2v) is 7.26. The van der Waals surface area contributed by atoms with E-state index in [-0.39, 0.29) is 12.0 Å². The minimum absolute atomic E-state index is 0.128. The molecule has 132 valence electrons. The van der Waals surface area contributed by atoms with Gasteiger partial charge in [-0.25, -0.2) is 0 Å². The number of aliphatic hydroxyl groups excluding tert-OH is 1. The minimum atomic E-state index is -0.329. The van der Waals surface area contributed by atoms with Crippen molar-refractivity contribution in [2.75, 3.05) is 6.54 Å². The fourth-order valence-electron chi connectivity index (χ4n) is 2.17. The van der Waals surface area contributed by atoms with Crippen molar-refractivity contribution in [3.05, 3.63) is 65.2 Å². The van der Waals surface area contributed by atoms with E-state index in [9.17, 15) is 9.90 Å². The van der Waals surface area contributed by atoms with Gasteiger partial charge in [0.2, 0.25) is 5.91 Å². The van der Waals surface area contributed by atoms with Crippen LogP contribution in [0, 0.1) is 0 Å². The summed E-state index contributed by atoms with van der Waals surface area (Å²) < 4.78 is 0. The normalized spacial score (nSPS) is 12.3. The highest BCUT2D eigenvalue weighted by Gasteiger charge is 2.03. The van der Waals surface area contributed by atoms with E-state index in [0.29, 0.717) is 18.0 Å². The lowest BCUT2D eigenvalue weighted by Gasteiger charge is -2.06. The fourth-order valence-corrected chi connectivity index (χ4v) is 3.23. The number of amides is 1. The molecule has 3 nitrogen and oxygen atoms in total. The van der Waals surface area contributed by atoms with Crippen LogP contribution in [0.25, 0.3) is 6.08 Å². The maximum absolute atomic E-state index is 11.9. The van der Waals surface area contributed by atoms with E-state index in [1.165, 1.54) is 0 Å². The molecule has 0 aromatic heterocycles. The zero-order valence-electron chi connectivity index (χ0n) is 14.1. The lowest BCUT2D eigenvalue weighted by molar-refractivity contribution is -0.116. The molecule has 2 N–H and O–H groups in total. The van der Waals surface area contributed by atoms with E-state index in [1.807, 2.05) is 54.6 Å². The Bertz CT molecular complexity index is 714. The molecule has 0 saturated heterocycles. The highest BCUT2D eigenvalue weighted by atomic mass is 35.5. The number of carbonyl (C=O) groups excluding carboxylic acids is 1. The quantitative estimate of drug-likeness (QED) is 0.515. The van der Waals surface area contributed by atoms with Gasteiger partial charge in [0.1, 0.15) is 0 Å². The van der Waals surface area contributed by atoms with Gasteiger partial charge < -0.3 is 10.4 Å². The van der Waals surface area contributed by atoms with Gasteiger partial charge in [0.15, 0.2) is 0 Å². The molecule has 0 saturated carbocycles. The van der Waals surface area contributed by atoms with Crippen molar-refractivity contribution in [1.82, 2.24) is 5.32 Å². The molecule has 5 heteroatoms. The van der Waals surface area contributed by atoms with Crippen LogP contribution >= 0.6 is 23.4 Å². The molecule has 0 spiro atoms. The predicted molar refractivity (Wildman–Crippen MR) is 105 cm³/mol. The molecule has 0 fully saturated rings. The number of halogens is 1. The van der Waals surface area contributed by atoms with Crippen molar-refractivity contribution < 1.29 is 9.90 Å². The van der Waals surface area contributed by atoms with Crippen LogP contribution in [0.5, 0.6) is 0 Å². The van der Waals surface area contributed by atoms with Gasteiger partial charge in [-0.3, -0.25) is 4.79 Å². The van der Waals surface area contributed by atoms with Crippen molar-refractivity contribution in [3.8, 4) is 0 Å². The third-order valence-corrected chi connectivity index (χ3v) is 4.82. The predicted octanol–water partition coefficient (Wildman–Crippen LogP) is 4.78. The van der Waals surface area contributed by atoms with Crippen molar-refractivity contribution in [3.63, 3.8) is 0 Å². The molecular weight excluding hydrogens is 354 g/mol. The zero-order chi connectivity index (χ0) is 18.1. The van der Waals surface area contributed by atoms with E-state index in [0.717, 1.165) is 21.8 Å². The summed E-state index contributed by atoms with van der Waals surface area (Å²) in [6, 6.07) is 15.6. The van der Waals surface area contributed by atoms with Gasteiger partial charge in [-0.15, -0.1) is 0 Å². The van der Waals surface area contributed by atoms with Crippen LogP contribution in [0.15, 0.2) is 64.4 Å². The number of carbonyl (C=O) groups is 1. The summed E-state index contributed by atoms with van der Waals surface area (Å²) >= 11 is 7.55. The molecule has 2 aromatic carbocycles. The molecule has 0 aliphatic carbocycles. The standard InChI is InChI=1S/C20H22ClNO2S/c1-15(23)5-4-14-22-20(24)13-8-16-6-2-3-7-19(16)25-18-11-9-17(21)10-12-18/h2-3,6-13,15,23H,4-5,14H2,1H3,(H,22,24)/b13-8+. The summed E-state index contributed by atoms with van der Waals surface area (Å²) in [6.07, 6.45) is 4.49. The first-order chi connectivity index (χ1) is 12.0. The monoisotopic (exact) mass is 375 g/mol. The van der Waals surface area contributed by atoms with Crippen LogP contribution in [0.4, 0.5) is 0 Å². The number of hydrogen-bond donors (Lipinski definition) is 2. The Labute approximate surface area is 158 Å². The Morgan fingerprint density at radius 3 is 2.68 bits per heavy atom. The molecular formula is C20H22ClNO2S. The molecule has 2 aromatic rings. The molecule has 0 radical (unpaired) electrons. The highest BCUT2D eigenvalue weighted by molar-refractivity contribution is 7.99. The van der Waals surface area contributed by atoms with Crippen molar-refractivity contribution in [2.45, 2.75) is 35.7 Å². The average Bonchev–Trinajstić information content (AvgIpc) is 2.60. The largest absolute Gasteiger partial charge is 0.393 e. The van der Waals surface area contributed by atoms with Crippen LogP contribution in [-0.4, -0.2) is 23.7 Å². The molecule has 2 rings (SSSR count). The number of nitrogens with one attached hydrogen (secondary N) is 1. The lowest BCUT2D eigenvalue weighted by Crippen LogP contribution is -2.22. The smallest absolute Gasteiger partial charge is 0.243 e. The third-order valence-electron chi connectivity index (χ3n) is 3.47. The van der Waals surface area contributed by atoms with Gasteiger partial charge in [0, 0.05) is 27.4 Å². The van der Waals surface area contributed by atoms with Gasteiger partial charge in [-0.2, -0.15) is 0 Å². The first-order valence-electron chi connectivity index (χ1n) is 8.21. The van der Waals surface area contributed by atoms with Crippen LogP contribution in [0.2, 0.25) is 5.02 Å². The SMILES string of the molecule is CC(O)CCCNC(=O)/C=C/c1ccccc1Sc1ccc(Cl)cc1. The number of benzene rings is 2. The Kier molecular flexibility index (Phi) is 8.06. The van der Waals surface area contributed by atoms with Crippen LogP contribution in [-0.2, 0) is 4.79 Å². The Balaban J connectivity index is 1.95. The molecule has 0 heterocycles. The summed E-state index contributed by atoms with van der Waals surface area (Å²) in [5, 5.41) is 12.7. The molecule has 1 unspecified atom stereocenters. The van der Waals surface area contributed by atoms with Crippen LogP contribution in [0.1, 0.15) is 25.3 Å². The minimum Gasteiger partial charge on any atom is -0.393 e. The van der Waals surface area contributed by atoms with E-state index in [2.05, 4.69) is 5.32 Å². The van der Waals surface area contributed by atoms with Gasteiger partial charge in [-0.1, -0.05) is 41.6 Å². The Morgan fingerprint density at radius 1 is 1.24 bits per heavy atom. The number of aliphatic hydroxyl groups is 1. The lowest BCUT2D eigenvalue weighted by atomic mass is 10.2. The van der Waals surface area contributed by atoms with Gasteiger partial charge in [-0.05, 0) is 61.7 Å². The maximum atomic E-state index is 11.9. The van der Waals surface area contributed by atoms with E-state index in [1.54, 1.807) is 24.8 Å². The summed E-state index contributed by atoms with van der Waals surface area (Å²) in [6.45, 7) is 2.31. The summed E-state index contributed by atoms with van der Waals surface area (Å²) in [7, 11) is 0. The van der Waals surface area contributed by atoms with Crippen molar-refractivity contribution in [1.29, 1.82) is 0 Å². The molecule has 1 amide bonds. The van der Waals surface area contributed by atoms with Gasteiger partial charge >= 0.3 is 0 Å². The maximum Gasteiger partial charge on any atom is 0.243 e. The summed E-state index contributed by atoms with van der Waals surface area (Å²) in [5.74, 6) is -0.128. The second kappa shape index (κ2) is 10.3. The second-order valence-electron chi connectivity index (χ2n) is 5.71. The van der Waals surface area contributed by atoms with E-state index < -0.39 is 0 Å². The van der Waals surface area contributed by atoms with E-state index in [4.69, 9.17) is 11.6 Å². The molecule has 1 atom stereocenters. The van der Waals surface area contributed by atoms with Crippen molar-refractivity contribution >= 4 is 35.3 Å². The first-order valence-corrected chi connectivity index (χ1v) is 9.40.